The molecule has 25 heavy (non-hydrogen) atoms. The smallest absolute Gasteiger partial charge is 0.326 e. The summed E-state index contributed by atoms with van der Waals surface area (Å²) in [5.74, 6) is -3.43. The molecule has 2 atom stereocenters. The van der Waals surface area contributed by atoms with E-state index >= 15 is 0 Å². The molecular formula is C14H15F2N3O6. The number of rotatable bonds is 8. The number of hydrogen-bond acceptors (Lipinski definition) is 5. The van der Waals surface area contributed by atoms with Crippen LogP contribution in [0.1, 0.15) is 23.7 Å². The van der Waals surface area contributed by atoms with Crippen molar-refractivity contribution in [3.05, 3.63) is 39.9 Å². The maximum atomic E-state index is 12.3. The summed E-state index contributed by atoms with van der Waals surface area (Å²) in [5.41, 5.74) is -0.413. The van der Waals surface area contributed by atoms with Crippen molar-refractivity contribution >= 4 is 23.5 Å². The van der Waals surface area contributed by atoms with Gasteiger partial charge in [0, 0.05) is 24.1 Å². The van der Waals surface area contributed by atoms with E-state index < -0.39 is 47.6 Å². The zero-order valence-corrected chi connectivity index (χ0v) is 12.9. The number of alkyl halides is 2. The van der Waals surface area contributed by atoms with Crippen LogP contribution in [0, 0.1) is 10.1 Å². The van der Waals surface area contributed by atoms with E-state index in [0.717, 1.165) is 6.07 Å². The third-order valence-corrected chi connectivity index (χ3v) is 3.09. The van der Waals surface area contributed by atoms with Crippen molar-refractivity contribution in [3.63, 3.8) is 0 Å². The van der Waals surface area contributed by atoms with Crippen LogP contribution >= 0.6 is 0 Å². The number of carbonyl (C=O) groups is 3. The normalized spacial score (nSPS) is 13.0. The quantitative estimate of drug-likeness (QED) is 0.466. The second-order valence-corrected chi connectivity index (χ2v) is 5.03. The fourth-order valence-electron chi connectivity index (χ4n) is 1.80. The summed E-state index contributed by atoms with van der Waals surface area (Å²) in [6.07, 6.45) is -4.01. The number of amides is 2. The molecule has 2 unspecified atom stereocenters. The second kappa shape index (κ2) is 8.66. The van der Waals surface area contributed by atoms with Gasteiger partial charge in [0.05, 0.1) is 4.92 Å². The zero-order valence-electron chi connectivity index (χ0n) is 12.9. The number of carboxylic acids is 1. The number of non-ortho nitro benzene ring substituents is 1. The summed E-state index contributed by atoms with van der Waals surface area (Å²) in [6.45, 7) is 1.21. The van der Waals surface area contributed by atoms with Gasteiger partial charge in [-0.15, -0.1) is 0 Å². The molecule has 0 aromatic heterocycles. The Morgan fingerprint density at radius 2 is 1.92 bits per heavy atom. The highest BCUT2D eigenvalue weighted by Crippen LogP contribution is 2.13. The summed E-state index contributed by atoms with van der Waals surface area (Å²) in [6, 6.07) is 1.69. The molecule has 0 saturated carbocycles. The maximum Gasteiger partial charge on any atom is 0.326 e. The van der Waals surface area contributed by atoms with Gasteiger partial charge in [-0.1, -0.05) is 6.07 Å². The average molecular weight is 359 g/mol. The van der Waals surface area contributed by atoms with E-state index in [2.05, 4.69) is 5.32 Å². The van der Waals surface area contributed by atoms with Crippen LogP contribution in [-0.2, 0) is 9.59 Å². The Hall–Kier alpha value is -3.11. The molecule has 0 aliphatic rings. The van der Waals surface area contributed by atoms with Gasteiger partial charge in [-0.3, -0.25) is 19.7 Å². The number of nitro groups is 1. The molecule has 0 fully saturated rings. The van der Waals surface area contributed by atoms with Crippen LogP contribution < -0.4 is 10.6 Å². The minimum atomic E-state index is -2.93. The van der Waals surface area contributed by atoms with Crippen molar-refractivity contribution in [1.82, 2.24) is 10.6 Å². The Bertz CT molecular complexity index is 682. The van der Waals surface area contributed by atoms with Gasteiger partial charge in [0.2, 0.25) is 12.3 Å². The summed E-state index contributed by atoms with van der Waals surface area (Å²) >= 11 is 0. The van der Waals surface area contributed by atoms with E-state index in [9.17, 15) is 33.3 Å². The molecule has 0 radical (unpaired) electrons. The predicted molar refractivity (Wildman–Crippen MR) is 80.2 cm³/mol. The van der Waals surface area contributed by atoms with E-state index in [4.69, 9.17) is 5.11 Å². The lowest BCUT2D eigenvalue weighted by molar-refractivity contribution is -0.384. The fraction of sp³-hybridized carbons (Fsp3) is 0.357. The minimum Gasteiger partial charge on any atom is -0.480 e. The van der Waals surface area contributed by atoms with Gasteiger partial charge >= 0.3 is 5.97 Å². The Labute approximate surface area is 140 Å². The molecule has 1 rings (SSSR count). The number of aliphatic carboxylic acids is 1. The monoisotopic (exact) mass is 359 g/mol. The summed E-state index contributed by atoms with van der Waals surface area (Å²) in [5, 5.41) is 23.6. The van der Waals surface area contributed by atoms with Crippen LogP contribution in [0.15, 0.2) is 24.3 Å². The molecule has 136 valence electrons. The average Bonchev–Trinajstić information content (AvgIpc) is 2.53. The fourth-order valence-corrected chi connectivity index (χ4v) is 1.80. The standard InChI is InChI=1S/C14H15F2N3O6/c1-7(12(20)18-10(14(22)23)6-11(15)16)17-13(21)8-3-2-4-9(5-8)19(24)25/h2-5,7,10-11H,6H2,1H3,(H,17,21)(H,18,20)(H,22,23). The molecular weight excluding hydrogens is 344 g/mol. The van der Waals surface area contributed by atoms with Gasteiger partial charge in [0.1, 0.15) is 12.1 Å². The van der Waals surface area contributed by atoms with E-state index in [-0.39, 0.29) is 11.3 Å². The summed E-state index contributed by atoms with van der Waals surface area (Å²) in [7, 11) is 0. The first-order valence-electron chi connectivity index (χ1n) is 6.98. The number of benzene rings is 1. The van der Waals surface area contributed by atoms with Crippen LogP contribution in [0.5, 0.6) is 0 Å². The summed E-state index contributed by atoms with van der Waals surface area (Å²) in [4.78, 5) is 44.6. The molecule has 0 spiro atoms. The van der Waals surface area contributed by atoms with Crippen LogP contribution in [0.3, 0.4) is 0 Å². The number of nitrogens with one attached hydrogen (secondary N) is 2. The van der Waals surface area contributed by atoms with Gasteiger partial charge in [0.25, 0.3) is 11.6 Å². The van der Waals surface area contributed by atoms with Crippen molar-refractivity contribution in [2.24, 2.45) is 0 Å². The molecule has 0 saturated heterocycles. The largest absolute Gasteiger partial charge is 0.480 e. The van der Waals surface area contributed by atoms with Crippen molar-refractivity contribution in [1.29, 1.82) is 0 Å². The Morgan fingerprint density at radius 3 is 2.44 bits per heavy atom. The predicted octanol–water partition coefficient (Wildman–Crippen LogP) is 0.938. The topological polar surface area (TPSA) is 139 Å². The molecule has 0 aliphatic carbocycles. The highest BCUT2D eigenvalue weighted by atomic mass is 19.3. The van der Waals surface area contributed by atoms with Gasteiger partial charge in [-0.05, 0) is 13.0 Å². The van der Waals surface area contributed by atoms with Gasteiger partial charge in [0.15, 0.2) is 0 Å². The van der Waals surface area contributed by atoms with E-state index in [1.165, 1.54) is 25.1 Å². The molecule has 1 aromatic carbocycles. The zero-order chi connectivity index (χ0) is 19.1. The third-order valence-electron chi connectivity index (χ3n) is 3.09. The number of carboxylic acid groups (broad SMARTS) is 1. The Kier molecular flexibility index (Phi) is 6.91. The van der Waals surface area contributed by atoms with Gasteiger partial charge < -0.3 is 15.7 Å². The Balaban J connectivity index is 2.73. The number of carbonyl (C=O) groups excluding carboxylic acids is 2. The molecule has 2 amide bonds. The molecule has 9 nitrogen and oxygen atoms in total. The second-order valence-electron chi connectivity index (χ2n) is 5.03. The molecule has 1 aromatic rings. The van der Waals surface area contributed by atoms with Crippen molar-refractivity contribution in [3.8, 4) is 0 Å². The van der Waals surface area contributed by atoms with Crippen LogP contribution in [0.4, 0.5) is 14.5 Å². The lowest BCUT2D eigenvalue weighted by Gasteiger charge is -2.18. The molecule has 0 aliphatic heterocycles. The van der Waals surface area contributed by atoms with E-state index in [1.807, 2.05) is 5.32 Å². The van der Waals surface area contributed by atoms with E-state index in [1.54, 1.807) is 0 Å². The molecule has 0 bridgehead atoms. The van der Waals surface area contributed by atoms with Crippen LogP contribution in [-0.4, -0.2) is 46.3 Å². The number of hydrogen-bond donors (Lipinski definition) is 3. The van der Waals surface area contributed by atoms with Crippen molar-refractivity contribution in [2.45, 2.75) is 31.9 Å². The molecule has 11 heteroatoms. The van der Waals surface area contributed by atoms with Crippen LogP contribution in [0.2, 0.25) is 0 Å². The lowest BCUT2D eigenvalue weighted by atomic mass is 10.1. The number of halogens is 2. The van der Waals surface area contributed by atoms with Gasteiger partial charge in [-0.25, -0.2) is 13.6 Å². The number of nitrogens with zero attached hydrogens (tertiary/aromatic N) is 1. The summed E-state index contributed by atoms with van der Waals surface area (Å²) < 4.78 is 24.6. The van der Waals surface area contributed by atoms with Crippen LogP contribution in [0.25, 0.3) is 0 Å². The first-order valence-corrected chi connectivity index (χ1v) is 6.98. The van der Waals surface area contributed by atoms with Crippen molar-refractivity contribution in [2.75, 3.05) is 0 Å². The Morgan fingerprint density at radius 1 is 1.28 bits per heavy atom. The first kappa shape index (κ1) is 19.9. The third kappa shape index (κ3) is 6.12. The highest BCUT2D eigenvalue weighted by Gasteiger charge is 2.27. The molecule has 3 N–H and O–H groups in total. The number of nitro benzene ring substituents is 1. The van der Waals surface area contributed by atoms with Gasteiger partial charge in [-0.2, -0.15) is 0 Å². The maximum absolute atomic E-state index is 12.3. The lowest BCUT2D eigenvalue weighted by Crippen LogP contribution is -2.50. The van der Waals surface area contributed by atoms with E-state index in [0.29, 0.717) is 0 Å². The SMILES string of the molecule is CC(NC(=O)c1cccc([N+](=O)[O-])c1)C(=O)NC(CC(F)F)C(=O)O. The van der Waals surface area contributed by atoms with Crippen molar-refractivity contribution < 1.29 is 33.2 Å². The molecule has 0 heterocycles. The minimum absolute atomic E-state index is 0.0868. The first-order chi connectivity index (χ1) is 11.6. The highest BCUT2D eigenvalue weighted by molar-refractivity contribution is 5.98.